The van der Waals surface area contributed by atoms with Crippen molar-refractivity contribution in [1.82, 2.24) is 4.90 Å². The standard InChI is InChI=1S/C23H19N3O6S/c1-32-18-10-8-16(9-11-18)25-21(27)13-20(23(25)29)24(14-19-3-2-12-33-19)22(28)15-4-6-17(7-5-15)26(30)31/h2-12,20H,13-14H2,1H3. The Labute approximate surface area is 193 Å². The van der Waals surface area contributed by atoms with Crippen LogP contribution in [-0.2, 0) is 16.1 Å². The van der Waals surface area contributed by atoms with Crippen LogP contribution in [0.25, 0.3) is 0 Å². The number of nitrogens with zero attached hydrogens (tertiary/aromatic N) is 3. The predicted octanol–water partition coefficient (Wildman–Crippen LogP) is 3.64. The lowest BCUT2D eigenvalue weighted by Gasteiger charge is -2.27. The average molecular weight is 465 g/mol. The topological polar surface area (TPSA) is 110 Å². The fourth-order valence-electron chi connectivity index (χ4n) is 3.65. The van der Waals surface area contributed by atoms with Crippen molar-refractivity contribution in [3.05, 3.63) is 86.6 Å². The zero-order valence-corrected chi connectivity index (χ0v) is 18.4. The molecule has 3 amide bonds. The quantitative estimate of drug-likeness (QED) is 0.299. The number of methoxy groups -OCH3 is 1. The van der Waals surface area contributed by atoms with Gasteiger partial charge in [0.25, 0.3) is 17.5 Å². The molecule has 1 aliphatic heterocycles. The molecule has 0 spiro atoms. The molecule has 1 atom stereocenters. The molecule has 0 radical (unpaired) electrons. The SMILES string of the molecule is COc1ccc(N2C(=O)CC(N(Cc3cccs3)C(=O)c3ccc([N+](=O)[O-])cc3)C2=O)cc1. The number of hydrogen-bond donors (Lipinski definition) is 0. The number of ether oxygens (including phenoxy) is 1. The number of carbonyl (C=O) groups excluding carboxylic acids is 3. The Kier molecular flexibility index (Phi) is 6.18. The van der Waals surface area contributed by atoms with Crippen molar-refractivity contribution >= 4 is 40.4 Å². The Bertz CT molecular complexity index is 1190. The Morgan fingerprint density at radius 3 is 2.42 bits per heavy atom. The molecule has 1 fully saturated rings. The van der Waals surface area contributed by atoms with E-state index in [2.05, 4.69) is 0 Å². The van der Waals surface area contributed by atoms with E-state index in [0.717, 1.165) is 9.78 Å². The van der Waals surface area contributed by atoms with Gasteiger partial charge in [-0.2, -0.15) is 0 Å². The zero-order valence-electron chi connectivity index (χ0n) is 17.5. The Morgan fingerprint density at radius 1 is 1.15 bits per heavy atom. The lowest BCUT2D eigenvalue weighted by Crippen LogP contribution is -2.45. The Hall–Kier alpha value is -4.05. The maximum Gasteiger partial charge on any atom is 0.269 e. The molecule has 1 aromatic heterocycles. The summed E-state index contributed by atoms with van der Waals surface area (Å²) in [5.41, 5.74) is 0.446. The van der Waals surface area contributed by atoms with Crippen molar-refractivity contribution in [3.63, 3.8) is 0 Å². The summed E-state index contributed by atoms with van der Waals surface area (Å²) in [5.74, 6) is -0.817. The molecule has 33 heavy (non-hydrogen) atoms. The summed E-state index contributed by atoms with van der Waals surface area (Å²) < 4.78 is 5.12. The number of imide groups is 1. The molecule has 10 heteroatoms. The molecule has 1 aliphatic rings. The molecule has 1 saturated heterocycles. The van der Waals surface area contributed by atoms with Gasteiger partial charge in [0.15, 0.2) is 0 Å². The van der Waals surface area contributed by atoms with Crippen molar-refractivity contribution in [2.24, 2.45) is 0 Å². The van der Waals surface area contributed by atoms with E-state index in [1.54, 1.807) is 24.3 Å². The van der Waals surface area contributed by atoms with Crippen LogP contribution in [0.15, 0.2) is 66.0 Å². The van der Waals surface area contributed by atoms with Gasteiger partial charge in [-0.1, -0.05) is 6.07 Å². The van der Waals surface area contributed by atoms with E-state index in [1.807, 2.05) is 17.5 Å². The molecular formula is C23H19N3O6S. The van der Waals surface area contributed by atoms with Crippen LogP contribution in [0.3, 0.4) is 0 Å². The number of nitro groups is 1. The second-order valence-corrected chi connectivity index (χ2v) is 8.33. The van der Waals surface area contributed by atoms with Crippen LogP contribution in [0.2, 0.25) is 0 Å². The van der Waals surface area contributed by atoms with E-state index < -0.39 is 28.7 Å². The van der Waals surface area contributed by atoms with E-state index >= 15 is 0 Å². The summed E-state index contributed by atoms with van der Waals surface area (Å²) in [6, 6.07) is 14.4. The molecule has 4 rings (SSSR count). The number of benzene rings is 2. The van der Waals surface area contributed by atoms with Gasteiger partial charge in [0.05, 0.1) is 30.7 Å². The number of amides is 3. The summed E-state index contributed by atoms with van der Waals surface area (Å²) in [4.78, 5) is 53.2. The van der Waals surface area contributed by atoms with Gasteiger partial charge in [-0.25, -0.2) is 4.90 Å². The molecule has 3 aromatic rings. The van der Waals surface area contributed by atoms with Crippen LogP contribution < -0.4 is 9.64 Å². The third-order valence-electron chi connectivity index (χ3n) is 5.32. The normalized spacial score (nSPS) is 15.5. The minimum absolute atomic E-state index is 0.133. The van der Waals surface area contributed by atoms with Gasteiger partial charge in [-0.15, -0.1) is 11.3 Å². The predicted molar refractivity (Wildman–Crippen MR) is 121 cm³/mol. The number of anilines is 1. The van der Waals surface area contributed by atoms with E-state index in [0.29, 0.717) is 11.4 Å². The summed E-state index contributed by atoms with van der Waals surface area (Å²) in [6.45, 7) is 0.133. The third-order valence-corrected chi connectivity index (χ3v) is 6.18. The lowest BCUT2D eigenvalue weighted by molar-refractivity contribution is -0.384. The van der Waals surface area contributed by atoms with Gasteiger partial charge in [0, 0.05) is 22.6 Å². The van der Waals surface area contributed by atoms with Crippen molar-refractivity contribution in [1.29, 1.82) is 0 Å². The van der Waals surface area contributed by atoms with Gasteiger partial charge in [-0.3, -0.25) is 24.5 Å². The molecule has 9 nitrogen and oxygen atoms in total. The fourth-order valence-corrected chi connectivity index (χ4v) is 4.35. The first-order valence-corrected chi connectivity index (χ1v) is 10.9. The summed E-state index contributed by atoms with van der Waals surface area (Å²) in [6.07, 6.45) is -0.158. The molecule has 0 saturated carbocycles. The largest absolute Gasteiger partial charge is 0.497 e. The first-order chi connectivity index (χ1) is 15.9. The van der Waals surface area contributed by atoms with Crippen LogP contribution in [0, 0.1) is 10.1 Å². The summed E-state index contributed by atoms with van der Waals surface area (Å²) >= 11 is 1.43. The maximum atomic E-state index is 13.4. The van der Waals surface area contributed by atoms with Crippen LogP contribution in [0.1, 0.15) is 21.7 Å². The van der Waals surface area contributed by atoms with Crippen molar-refractivity contribution in [3.8, 4) is 5.75 Å². The van der Waals surface area contributed by atoms with Gasteiger partial charge in [0.1, 0.15) is 11.8 Å². The third kappa shape index (κ3) is 4.46. The molecule has 0 bridgehead atoms. The number of carbonyl (C=O) groups is 3. The fraction of sp³-hybridized carbons (Fsp3) is 0.174. The molecule has 0 aliphatic carbocycles. The molecule has 1 unspecified atom stereocenters. The minimum atomic E-state index is -0.996. The Morgan fingerprint density at radius 2 is 1.85 bits per heavy atom. The number of rotatable bonds is 7. The van der Waals surface area contributed by atoms with Gasteiger partial charge in [-0.05, 0) is 47.8 Å². The van der Waals surface area contributed by atoms with E-state index in [1.165, 1.54) is 47.6 Å². The van der Waals surface area contributed by atoms with Crippen LogP contribution in [0.5, 0.6) is 5.75 Å². The van der Waals surface area contributed by atoms with Crippen LogP contribution in [-0.4, -0.2) is 40.7 Å². The summed E-state index contributed by atoms with van der Waals surface area (Å²) in [5, 5.41) is 12.8. The second-order valence-electron chi connectivity index (χ2n) is 7.30. The number of hydrogen-bond acceptors (Lipinski definition) is 7. The highest BCUT2D eigenvalue weighted by molar-refractivity contribution is 7.09. The highest BCUT2D eigenvalue weighted by atomic mass is 32.1. The second kappa shape index (κ2) is 9.21. The van der Waals surface area contributed by atoms with Crippen molar-refractivity contribution in [2.75, 3.05) is 12.0 Å². The van der Waals surface area contributed by atoms with Crippen LogP contribution >= 0.6 is 11.3 Å². The molecular weight excluding hydrogens is 446 g/mol. The van der Waals surface area contributed by atoms with E-state index in [9.17, 15) is 24.5 Å². The lowest BCUT2D eigenvalue weighted by atomic mass is 10.1. The molecule has 2 heterocycles. The van der Waals surface area contributed by atoms with E-state index in [-0.39, 0.29) is 24.2 Å². The van der Waals surface area contributed by atoms with Crippen LogP contribution in [0.4, 0.5) is 11.4 Å². The van der Waals surface area contributed by atoms with Gasteiger partial charge >= 0.3 is 0 Å². The first-order valence-electron chi connectivity index (χ1n) is 9.97. The summed E-state index contributed by atoms with van der Waals surface area (Å²) in [7, 11) is 1.52. The van der Waals surface area contributed by atoms with E-state index in [4.69, 9.17) is 4.74 Å². The Balaban J connectivity index is 1.65. The number of thiophene rings is 1. The molecule has 0 N–H and O–H groups in total. The van der Waals surface area contributed by atoms with Gasteiger partial charge in [0.2, 0.25) is 5.91 Å². The zero-order chi connectivity index (χ0) is 23.5. The highest BCUT2D eigenvalue weighted by Crippen LogP contribution is 2.29. The number of nitro benzene ring substituents is 1. The number of non-ortho nitro benzene ring substituents is 1. The molecule has 168 valence electrons. The van der Waals surface area contributed by atoms with Crippen molar-refractivity contribution in [2.45, 2.75) is 19.0 Å². The maximum absolute atomic E-state index is 13.4. The van der Waals surface area contributed by atoms with Crippen molar-refractivity contribution < 1.29 is 24.0 Å². The smallest absolute Gasteiger partial charge is 0.269 e. The van der Waals surface area contributed by atoms with Gasteiger partial charge < -0.3 is 9.64 Å². The monoisotopic (exact) mass is 465 g/mol. The molecule has 2 aromatic carbocycles. The average Bonchev–Trinajstić information content (AvgIpc) is 3.44. The minimum Gasteiger partial charge on any atom is -0.497 e. The first kappa shape index (κ1) is 22.2. The highest BCUT2D eigenvalue weighted by Gasteiger charge is 2.44.